The van der Waals surface area contributed by atoms with Crippen molar-refractivity contribution in [3.63, 3.8) is 0 Å². The Bertz CT molecular complexity index is 1100. The van der Waals surface area contributed by atoms with Gasteiger partial charge in [0.1, 0.15) is 12.4 Å². The molecule has 2 aromatic rings. The van der Waals surface area contributed by atoms with Crippen LogP contribution in [0.1, 0.15) is 36.9 Å². The summed E-state index contributed by atoms with van der Waals surface area (Å²) >= 11 is 0. The van der Waals surface area contributed by atoms with Crippen LogP contribution in [0.2, 0.25) is 0 Å². The third-order valence-corrected chi connectivity index (χ3v) is 6.08. The lowest BCUT2D eigenvalue weighted by Crippen LogP contribution is -2.28. The van der Waals surface area contributed by atoms with Crippen molar-refractivity contribution in [2.75, 3.05) is 33.6 Å². The van der Waals surface area contributed by atoms with Crippen molar-refractivity contribution in [1.82, 2.24) is 4.31 Å². The van der Waals surface area contributed by atoms with Gasteiger partial charge in [-0.1, -0.05) is 20.8 Å². The molecule has 0 atom stereocenters. The van der Waals surface area contributed by atoms with E-state index in [9.17, 15) is 18.0 Å². The summed E-state index contributed by atoms with van der Waals surface area (Å²) in [6.45, 7) is 4.88. The van der Waals surface area contributed by atoms with Gasteiger partial charge in [-0.2, -0.15) is 0 Å². The van der Waals surface area contributed by atoms with Crippen molar-refractivity contribution in [1.29, 1.82) is 0 Å². The van der Waals surface area contributed by atoms with E-state index in [1.165, 1.54) is 52.6 Å². The molecular weight excluding hydrogens is 440 g/mol. The second kappa shape index (κ2) is 9.61. The maximum absolute atomic E-state index is 12.8. The first-order valence-corrected chi connectivity index (χ1v) is 11.0. The van der Waals surface area contributed by atoms with Gasteiger partial charge in [0.2, 0.25) is 11.0 Å². The van der Waals surface area contributed by atoms with Crippen molar-refractivity contribution in [3.05, 3.63) is 35.6 Å². The van der Waals surface area contributed by atoms with E-state index in [0.29, 0.717) is 5.75 Å². The van der Waals surface area contributed by atoms with E-state index in [2.05, 4.69) is 5.32 Å². The number of carbonyl (C=O) groups excluding carboxylic acids is 2. The van der Waals surface area contributed by atoms with Crippen molar-refractivity contribution >= 4 is 27.6 Å². The molecule has 1 aromatic heterocycles. The monoisotopic (exact) mass is 468 g/mol. The first kappa shape index (κ1) is 25.2. The number of nitrogens with one attached hydrogen (secondary N) is 1. The Morgan fingerprint density at radius 2 is 1.66 bits per heavy atom. The topological polar surface area (TPSA) is 124 Å². The maximum atomic E-state index is 12.8. The zero-order valence-corrected chi connectivity index (χ0v) is 20.0. The Hall–Kier alpha value is -3.05. The normalized spacial score (nSPS) is 11.9. The highest BCUT2D eigenvalue weighted by atomic mass is 32.2. The molecule has 2 rings (SSSR count). The number of nitrogens with zero attached hydrogens (tertiary/aromatic N) is 1. The maximum Gasteiger partial charge on any atom is 0.340 e. The van der Waals surface area contributed by atoms with E-state index >= 15 is 0 Å². The average Bonchev–Trinajstić information content (AvgIpc) is 3.20. The molecule has 0 saturated heterocycles. The summed E-state index contributed by atoms with van der Waals surface area (Å²) < 4.78 is 46.3. The van der Waals surface area contributed by atoms with Crippen LogP contribution >= 0.6 is 0 Å². The van der Waals surface area contributed by atoms with Crippen LogP contribution in [0.4, 0.5) is 5.69 Å². The number of carbonyl (C=O) groups is 2. The number of benzene rings is 1. The first-order valence-electron chi connectivity index (χ1n) is 9.57. The summed E-state index contributed by atoms with van der Waals surface area (Å²) in [5, 5.41) is 2.44. The van der Waals surface area contributed by atoms with Gasteiger partial charge in [-0.15, -0.1) is 0 Å². The van der Waals surface area contributed by atoms with Gasteiger partial charge < -0.3 is 23.9 Å². The minimum atomic E-state index is -3.75. The Kier molecular flexibility index (Phi) is 7.58. The lowest BCUT2D eigenvalue weighted by atomic mass is 9.95. The van der Waals surface area contributed by atoms with E-state index in [1.807, 2.05) is 0 Å². The third kappa shape index (κ3) is 5.60. The highest BCUT2D eigenvalue weighted by Gasteiger charge is 2.26. The molecule has 0 fully saturated rings. The van der Waals surface area contributed by atoms with Crippen molar-refractivity contribution < 1.29 is 36.6 Å². The van der Waals surface area contributed by atoms with Gasteiger partial charge in [-0.25, -0.2) is 17.5 Å². The number of ether oxygens (including phenoxy) is 3. The summed E-state index contributed by atoms with van der Waals surface area (Å²) in [6, 6.07) is 5.54. The zero-order chi connectivity index (χ0) is 24.3. The molecule has 0 unspecified atom stereocenters. The number of anilines is 1. The lowest BCUT2D eigenvalue weighted by Gasteiger charge is -2.20. The number of amides is 1. The molecule has 0 bridgehead atoms. The van der Waals surface area contributed by atoms with Crippen molar-refractivity contribution in [3.8, 4) is 11.5 Å². The highest BCUT2D eigenvalue weighted by Crippen LogP contribution is 2.34. The van der Waals surface area contributed by atoms with Gasteiger partial charge in [0.05, 0.1) is 25.5 Å². The minimum absolute atomic E-state index is 0.0351. The Labute approximate surface area is 187 Å². The summed E-state index contributed by atoms with van der Waals surface area (Å²) in [7, 11) is 1.85. The SMILES string of the molecule is COc1cc(NC(=O)C(C)(C)C)c(C(=O)OCc2ccc(S(=O)(=O)N(C)C)o2)cc1OC. The van der Waals surface area contributed by atoms with Crippen LogP contribution in [-0.2, 0) is 26.2 Å². The number of furan rings is 1. The molecule has 0 saturated carbocycles. The second-order valence-electron chi connectivity index (χ2n) is 8.04. The standard InChI is InChI=1S/C21H28N2O8S/c1-21(2,3)20(25)22-15-11-17(29-7)16(28-6)10-14(15)19(24)30-12-13-8-9-18(31-13)32(26,27)23(4)5/h8-11H,12H2,1-7H3,(H,22,25). The number of methoxy groups -OCH3 is 2. The molecule has 1 N–H and O–H groups in total. The molecule has 176 valence electrons. The number of rotatable bonds is 8. The summed E-state index contributed by atoms with van der Waals surface area (Å²) in [6.07, 6.45) is 0. The van der Waals surface area contributed by atoms with E-state index in [0.717, 1.165) is 4.31 Å². The van der Waals surface area contributed by atoms with Gasteiger partial charge in [0.25, 0.3) is 10.0 Å². The smallest absolute Gasteiger partial charge is 0.340 e. The van der Waals surface area contributed by atoms with Crippen molar-refractivity contribution in [2.45, 2.75) is 32.5 Å². The molecule has 1 amide bonds. The lowest BCUT2D eigenvalue weighted by molar-refractivity contribution is -0.123. The molecule has 0 aliphatic rings. The zero-order valence-electron chi connectivity index (χ0n) is 19.1. The van der Waals surface area contributed by atoms with Gasteiger partial charge in [0, 0.05) is 31.6 Å². The Balaban J connectivity index is 2.30. The van der Waals surface area contributed by atoms with Crippen molar-refractivity contribution in [2.24, 2.45) is 5.41 Å². The summed E-state index contributed by atoms with van der Waals surface area (Å²) in [5.74, 6) is -0.366. The largest absolute Gasteiger partial charge is 0.493 e. The van der Waals surface area contributed by atoms with Crippen LogP contribution in [0.3, 0.4) is 0 Å². The number of sulfonamides is 1. The molecule has 1 aromatic carbocycles. The van der Waals surface area contributed by atoms with Gasteiger partial charge in [-0.05, 0) is 12.1 Å². The number of hydrogen-bond acceptors (Lipinski definition) is 8. The molecule has 10 nitrogen and oxygen atoms in total. The Morgan fingerprint density at radius 3 is 2.19 bits per heavy atom. The fraction of sp³-hybridized carbons (Fsp3) is 0.429. The average molecular weight is 469 g/mol. The fourth-order valence-corrected chi connectivity index (χ4v) is 3.24. The second-order valence-corrected chi connectivity index (χ2v) is 10.1. The van der Waals surface area contributed by atoms with Gasteiger partial charge in [0.15, 0.2) is 11.5 Å². The van der Waals surface area contributed by atoms with Crippen LogP contribution in [-0.4, -0.2) is 52.9 Å². The van der Waals surface area contributed by atoms with Gasteiger partial charge in [-0.3, -0.25) is 4.79 Å². The summed E-state index contributed by atoms with van der Waals surface area (Å²) in [5.41, 5.74) is -0.493. The third-order valence-electron chi connectivity index (χ3n) is 4.39. The molecule has 0 radical (unpaired) electrons. The Morgan fingerprint density at radius 1 is 1.06 bits per heavy atom. The predicted octanol–water partition coefficient (Wildman–Crippen LogP) is 2.89. The van der Waals surface area contributed by atoms with E-state index in [4.69, 9.17) is 18.6 Å². The van der Waals surface area contributed by atoms with Crippen LogP contribution in [0.15, 0.2) is 33.8 Å². The number of hydrogen-bond donors (Lipinski definition) is 1. The first-order chi connectivity index (χ1) is 14.8. The molecule has 0 aliphatic heterocycles. The van der Waals surface area contributed by atoms with Crippen LogP contribution in [0, 0.1) is 5.41 Å². The minimum Gasteiger partial charge on any atom is -0.493 e. The fourth-order valence-electron chi connectivity index (χ4n) is 2.43. The van der Waals surface area contributed by atoms with E-state index in [-0.39, 0.29) is 40.4 Å². The molecule has 0 spiro atoms. The molecule has 32 heavy (non-hydrogen) atoms. The van der Waals surface area contributed by atoms with E-state index in [1.54, 1.807) is 20.8 Å². The number of esters is 1. The molecule has 11 heteroatoms. The summed E-state index contributed by atoms with van der Waals surface area (Å²) in [4.78, 5) is 25.3. The van der Waals surface area contributed by atoms with Gasteiger partial charge >= 0.3 is 5.97 Å². The molecule has 1 heterocycles. The highest BCUT2D eigenvalue weighted by molar-refractivity contribution is 7.88. The van der Waals surface area contributed by atoms with Crippen LogP contribution < -0.4 is 14.8 Å². The molecule has 0 aliphatic carbocycles. The van der Waals surface area contributed by atoms with Crippen LogP contribution in [0.25, 0.3) is 0 Å². The predicted molar refractivity (Wildman–Crippen MR) is 116 cm³/mol. The molecular formula is C21H28N2O8S. The van der Waals surface area contributed by atoms with Crippen LogP contribution in [0.5, 0.6) is 11.5 Å². The van der Waals surface area contributed by atoms with E-state index < -0.39 is 21.4 Å². The quantitative estimate of drug-likeness (QED) is 0.587.